The van der Waals surface area contributed by atoms with Crippen LogP contribution in [-0.4, -0.2) is 25.6 Å². The zero-order valence-electron chi connectivity index (χ0n) is 14.7. The Kier molecular flexibility index (Phi) is 5.38. The number of benzene rings is 2. The van der Waals surface area contributed by atoms with E-state index in [4.69, 9.17) is 0 Å². The molecule has 0 spiro atoms. The Morgan fingerprint density at radius 1 is 1.22 bits per heavy atom. The second kappa shape index (κ2) is 7.58. The van der Waals surface area contributed by atoms with Crippen molar-refractivity contribution in [2.75, 3.05) is 11.6 Å². The zero-order valence-corrected chi connectivity index (χ0v) is 16.3. The van der Waals surface area contributed by atoms with Crippen LogP contribution in [0.25, 0.3) is 0 Å². The third-order valence-electron chi connectivity index (χ3n) is 3.92. The third kappa shape index (κ3) is 4.58. The Bertz CT molecular complexity index is 1110. The van der Waals surface area contributed by atoms with Gasteiger partial charge in [0.25, 0.3) is 5.91 Å². The number of hydrogen-bond acceptors (Lipinski definition) is 5. The van der Waals surface area contributed by atoms with E-state index in [1.54, 1.807) is 31.3 Å². The van der Waals surface area contributed by atoms with Crippen LogP contribution < -0.4 is 5.32 Å². The van der Waals surface area contributed by atoms with Gasteiger partial charge in [0, 0.05) is 23.8 Å². The van der Waals surface area contributed by atoms with Gasteiger partial charge in [0.05, 0.1) is 10.5 Å². The molecule has 2 aromatic carbocycles. The summed E-state index contributed by atoms with van der Waals surface area (Å²) in [5.41, 5.74) is 1.46. The molecule has 0 atom stereocenters. The minimum absolute atomic E-state index is 0.0330. The summed E-state index contributed by atoms with van der Waals surface area (Å²) in [5.74, 6) is -0.804. The van der Waals surface area contributed by atoms with Gasteiger partial charge in [-0.1, -0.05) is 24.3 Å². The molecule has 0 fully saturated rings. The van der Waals surface area contributed by atoms with Gasteiger partial charge in [0.1, 0.15) is 5.82 Å². The quantitative estimate of drug-likeness (QED) is 0.701. The summed E-state index contributed by atoms with van der Waals surface area (Å²) in [6.07, 6.45) is 3.16. The van der Waals surface area contributed by atoms with Crippen molar-refractivity contribution in [3.05, 3.63) is 76.0 Å². The summed E-state index contributed by atoms with van der Waals surface area (Å²) < 4.78 is 37.4. The van der Waals surface area contributed by atoms with E-state index in [-0.39, 0.29) is 16.3 Å². The number of rotatable bonds is 5. The molecule has 8 heteroatoms. The Morgan fingerprint density at radius 2 is 1.96 bits per heavy atom. The van der Waals surface area contributed by atoms with Crippen LogP contribution in [0.2, 0.25) is 0 Å². The van der Waals surface area contributed by atoms with Crippen molar-refractivity contribution in [3.8, 4) is 0 Å². The SMILES string of the molecule is Cc1ccc(Cc2cnc(NC(=O)c3ccccc3S(C)(=O)=O)s2)cc1F. The lowest BCUT2D eigenvalue weighted by molar-refractivity contribution is 0.102. The molecule has 0 radical (unpaired) electrons. The van der Waals surface area contributed by atoms with Gasteiger partial charge in [-0.05, 0) is 36.2 Å². The molecule has 1 aromatic heterocycles. The molecule has 3 aromatic rings. The van der Waals surface area contributed by atoms with E-state index in [9.17, 15) is 17.6 Å². The predicted molar refractivity (Wildman–Crippen MR) is 104 cm³/mol. The number of aromatic nitrogens is 1. The van der Waals surface area contributed by atoms with E-state index in [0.29, 0.717) is 17.1 Å². The number of aryl methyl sites for hydroxylation is 1. The van der Waals surface area contributed by atoms with Crippen LogP contribution in [0, 0.1) is 12.7 Å². The Balaban J connectivity index is 1.76. The molecule has 0 unspecified atom stereocenters. The summed E-state index contributed by atoms with van der Waals surface area (Å²) in [5, 5.41) is 2.98. The molecule has 1 N–H and O–H groups in total. The highest BCUT2D eigenvalue weighted by atomic mass is 32.2. The van der Waals surface area contributed by atoms with Crippen molar-refractivity contribution in [1.82, 2.24) is 4.98 Å². The minimum atomic E-state index is -3.53. The van der Waals surface area contributed by atoms with E-state index in [2.05, 4.69) is 10.3 Å². The number of nitrogens with one attached hydrogen (secondary N) is 1. The van der Waals surface area contributed by atoms with E-state index < -0.39 is 15.7 Å². The topological polar surface area (TPSA) is 76.1 Å². The Labute approximate surface area is 160 Å². The molecule has 140 valence electrons. The lowest BCUT2D eigenvalue weighted by Crippen LogP contribution is -2.15. The van der Waals surface area contributed by atoms with Gasteiger partial charge in [-0.15, -0.1) is 11.3 Å². The Morgan fingerprint density at radius 3 is 2.67 bits per heavy atom. The number of hydrogen-bond donors (Lipinski definition) is 1. The lowest BCUT2D eigenvalue weighted by atomic mass is 10.1. The first-order valence-corrected chi connectivity index (χ1v) is 10.7. The fraction of sp³-hybridized carbons (Fsp3) is 0.158. The smallest absolute Gasteiger partial charge is 0.258 e. The molecule has 0 aliphatic rings. The van der Waals surface area contributed by atoms with E-state index >= 15 is 0 Å². The number of nitrogens with zero attached hydrogens (tertiary/aromatic N) is 1. The molecule has 0 aliphatic heterocycles. The van der Waals surface area contributed by atoms with E-state index in [1.807, 2.05) is 6.07 Å². The van der Waals surface area contributed by atoms with Gasteiger partial charge in [0.2, 0.25) is 0 Å². The van der Waals surface area contributed by atoms with Gasteiger partial charge in [-0.2, -0.15) is 0 Å². The summed E-state index contributed by atoms with van der Waals surface area (Å²) in [4.78, 5) is 17.4. The van der Waals surface area contributed by atoms with Gasteiger partial charge < -0.3 is 0 Å². The highest BCUT2D eigenvalue weighted by Gasteiger charge is 2.19. The summed E-state index contributed by atoms with van der Waals surface area (Å²) >= 11 is 1.26. The number of amides is 1. The number of carbonyl (C=O) groups is 1. The minimum Gasteiger partial charge on any atom is -0.298 e. The van der Waals surface area contributed by atoms with Crippen molar-refractivity contribution in [1.29, 1.82) is 0 Å². The molecule has 0 bridgehead atoms. The van der Waals surface area contributed by atoms with Crippen molar-refractivity contribution in [3.63, 3.8) is 0 Å². The van der Waals surface area contributed by atoms with Crippen LogP contribution in [0.3, 0.4) is 0 Å². The van der Waals surface area contributed by atoms with Crippen molar-refractivity contribution in [2.24, 2.45) is 0 Å². The molecule has 27 heavy (non-hydrogen) atoms. The lowest BCUT2D eigenvalue weighted by Gasteiger charge is -2.07. The number of carbonyl (C=O) groups excluding carboxylic acids is 1. The van der Waals surface area contributed by atoms with Crippen LogP contribution in [0.5, 0.6) is 0 Å². The number of thiazole rings is 1. The molecule has 1 heterocycles. The molecule has 0 aliphatic carbocycles. The van der Waals surface area contributed by atoms with Crippen molar-refractivity contribution < 1.29 is 17.6 Å². The van der Waals surface area contributed by atoms with Crippen LogP contribution >= 0.6 is 11.3 Å². The zero-order chi connectivity index (χ0) is 19.6. The molecular weight excluding hydrogens is 387 g/mol. The van der Waals surface area contributed by atoms with Crippen molar-refractivity contribution in [2.45, 2.75) is 18.2 Å². The van der Waals surface area contributed by atoms with Crippen LogP contribution in [0.15, 0.2) is 53.6 Å². The highest BCUT2D eigenvalue weighted by molar-refractivity contribution is 7.90. The van der Waals surface area contributed by atoms with Gasteiger partial charge in [-0.25, -0.2) is 17.8 Å². The monoisotopic (exact) mass is 404 g/mol. The predicted octanol–water partition coefficient (Wildman–Crippen LogP) is 3.84. The van der Waals surface area contributed by atoms with Crippen LogP contribution in [-0.2, 0) is 16.3 Å². The average molecular weight is 404 g/mol. The van der Waals surface area contributed by atoms with E-state index in [1.165, 1.54) is 29.5 Å². The molecule has 0 saturated carbocycles. The van der Waals surface area contributed by atoms with Crippen molar-refractivity contribution >= 4 is 32.2 Å². The summed E-state index contributed by atoms with van der Waals surface area (Å²) in [7, 11) is -3.53. The maximum absolute atomic E-state index is 13.7. The van der Waals surface area contributed by atoms with E-state index in [0.717, 1.165) is 16.7 Å². The maximum atomic E-state index is 13.7. The standard InChI is InChI=1S/C19H17FN2O3S2/c1-12-7-8-13(10-16(12)20)9-14-11-21-19(26-14)22-18(23)15-5-3-4-6-17(15)27(2,24)25/h3-8,10-11H,9H2,1-2H3,(H,21,22,23). The second-order valence-corrected chi connectivity index (χ2v) is 9.21. The average Bonchev–Trinajstić information content (AvgIpc) is 3.04. The maximum Gasteiger partial charge on any atom is 0.258 e. The molecule has 5 nitrogen and oxygen atoms in total. The summed E-state index contributed by atoms with van der Waals surface area (Å²) in [6, 6.07) is 11.1. The number of sulfone groups is 1. The number of anilines is 1. The van der Waals surface area contributed by atoms with Crippen LogP contribution in [0.4, 0.5) is 9.52 Å². The molecular formula is C19H17FN2O3S2. The first kappa shape index (κ1) is 19.2. The van der Waals surface area contributed by atoms with Gasteiger partial charge >= 0.3 is 0 Å². The fourth-order valence-corrected chi connectivity index (χ4v) is 4.26. The largest absolute Gasteiger partial charge is 0.298 e. The first-order valence-electron chi connectivity index (χ1n) is 8.04. The molecule has 0 saturated heterocycles. The fourth-order valence-electron chi connectivity index (χ4n) is 2.54. The second-order valence-electron chi connectivity index (χ2n) is 6.11. The third-order valence-corrected chi connectivity index (χ3v) is 5.99. The highest BCUT2D eigenvalue weighted by Crippen LogP contribution is 2.24. The summed E-state index contributed by atoms with van der Waals surface area (Å²) in [6.45, 7) is 1.70. The first-order chi connectivity index (χ1) is 12.7. The number of halogens is 1. The van der Waals surface area contributed by atoms with Crippen LogP contribution in [0.1, 0.15) is 26.4 Å². The molecule has 1 amide bonds. The normalized spacial score (nSPS) is 11.4. The molecule has 3 rings (SSSR count). The van der Waals surface area contributed by atoms with Gasteiger partial charge in [-0.3, -0.25) is 10.1 Å². The Hall–Kier alpha value is -2.58. The van der Waals surface area contributed by atoms with Gasteiger partial charge in [0.15, 0.2) is 15.0 Å².